The summed E-state index contributed by atoms with van der Waals surface area (Å²) in [6, 6.07) is 14.8. The number of rotatable bonds is 6. The third kappa shape index (κ3) is 6.31. The smallest absolute Gasteiger partial charge is 0.347 e. The number of ether oxygens (including phenoxy) is 2. The molecule has 0 saturated carbocycles. The van der Waals surface area contributed by atoms with E-state index in [9.17, 15) is 14.4 Å². The minimum absolute atomic E-state index is 0.382. The number of hydrogen-bond donors (Lipinski definition) is 2. The largest absolute Gasteiger partial charge is 0.479 e. The molecule has 0 heterocycles. The highest BCUT2D eigenvalue weighted by molar-refractivity contribution is 6.30. The first kappa shape index (κ1) is 20.3. The highest BCUT2D eigenvalue weighted by Gasteiger charge is 2.23. The SMILES string of the molecule is C[C@H](OC(=O)[C@H](C)Oc1ccc(Cl)cc1)C(=O)NNC(=O)c1ccccc1. The normalized spacial score (nSPS) is 12.4. The quantitative estimate of drug-likeness (QED) is 0.584. The second-order valence-electron chi connectivity index (χ2n) is 5.60. The van der Waals surface area contributed by atoms with Gasteiger partial charge in [-0.25, -0.2) is 4.79 Å². The Kier molecular flexibility index (Phi) is 7.19. The molecule has 0 radical (unpaired) electrons. The van der Waals surface area contributed by atoms with Crippen molar-refractivity contribution >= 4 is 29.4 Å². The summed E-state index contributed by atoms with van der Waals surface area (Å²) in [6.45, 7) is 2.88. The molecular weight excluding hydrogens is 372 g/mol. The lowest BCUT2D eigenvalue weighted by Gasteiger charge is -2.18. The first-order valence-corrected chi connectivity index (χ1v) is 8.52. The van der Waals surface area contributed by atoms with Gasteiger partial charge in [-0.05, 0) is 50.2 Å². The van der Waals surface area contributed by atoms with E-state index >= 15 is 0 Å². The third-order valence-corrected chi connectivity index (χ3v) is 3.71. The summed E-state index contributed by atoms with van der Waals surface area (Å²) in [7, 11) is 0. The van der Waals surface area contributed by atoms with Crippen LogP contribution < -0.4 is 15.6 Å². The number of halogens is 1. The molecule has 0 aliphatic rings. The predicted octanol–water partition coefficient (Wildman–Crippen LogP) is 2.50. The second-order valence-corrected chi connectivity index (χ2v) is 6.04. The molecule has 0 saturated heterocycles. The molecule has 0 spiro atoms. The van der Waals surface area contributed by atoms with Gasteiger partial charge in [0, 0.05) is 10.6 Å². The van der Waals surface area contributed by atoms with E-state index < -0.39 is 30.0 Å². The molecule has 0 aliphatic carbocycles. The minimum Gasteiger partial charge on any atom is -0.479 e. The molecule has 0 bridgehead atoms. The fourth-order valence-electron chi connectivity index (χ4n) is 1.97. The molecule has 27 heavy (non-hydrogen) atoms. The predicted molar refractivity (Wildman–Crippen MR) is 99.1 cm³/mol. The van der Waals surface area contributed by atoms with Crippen molar-refractivity contribution in [1.29, 1.82) is 0 Å². The van der Waals surface area contributed by atoms with Gasteiger partial charge in [0.1, 0.15) is 5.75 Å². The maximum atomic E-state index is 12.0. The van der Waals surface area contributed by atoms with Crippen molar-refractivity contribution in [2.75, 3.05) is 0 Å². The zero-order chi connectivity index (χ0) is 19.8. The van der Waals surface area contributed by atoms with E-state index in [4.69, 9.17) is 21.1 Å². The molecular formula is C19H19ClN2O5. The molecule has 142 valence electrons. The maximum absolute atomic E-state index is 12.0. The summed E-state index contributed by atoms with van der Waals surface area (Å²) in [5.74, 6) is -1.44. The Labute approximate surface area is 161 Å². The van der Waals surface area contributed by atoms with Crippen LogP contribution in [0.2, 0.25) is 5.02 Å². The number of carbonyl (C=O) groups excluding carboxylic acids is 3. The van der Waals surface area contributed by atoms with Gasteiger partial charge in [-0.3, -0.25) is 20.4 Å². The minimum atomic E-state index is -1.12. The van der Waals surface area contributed by atoms with Gasteiger partial charge in [0.25, 0.3) is 11.8 Å². The van der Waals surface area contributed by atoms with E-state index in [1.165, 1.54) is 13.8 Å². The van der Waals surface area contributed by atoms with Crippen LogP contribution in [0.4, 0.5) is 0 Å². The lowest BCUT2D eigenvalue weighted by molar-refractivity contribution is -0.161. The fraction of sp³-hybridized carbons (Fsp3) is 0.211. The Morgan fingerprint density at radius 3 is 2.15 bits per heavy atom. The van der Waals surface area contributed by atoms with Crippen LogP contribution in [0.3, 0.4) is 0 Å². The summed E-state index contributed by atoms with van der Waals surface area (Å²) in [6.07, 6.45) is -2.05. The lowest BCUT2D eigenvalue weighted by atomic mass is 10.2. The van der Waals surface area contributed by atoms with E-state index in [-0.39, 0.29) is 0 Å². The van der Waals surface area contributed by atoms with Gasteiger partial charge in [-0.1, -0.05) is 29.8 Å². The van der Waals surface area contributed by atoms with Crippen LogP contribution >= 0.6 is 11.6 Å². The second kappa shape index (κ2) is 9.59. The highest BCUT2D eigenvalue weighted by atomic mass is 35.5. The van der Waals surface area contributed by atoms with Crippen molar-refractivity contribution in [1.82, 2.24) is 10.9 Å². The Morgan fingerprint density at radius 2 is 1.52 bits per heavy atom. The van der Waals surface area contributed by atoms with Crippen LogP contribution in [0.5, 0.6) is 5.75 Å². The highest BCUT2D eigenvalue weighted by Crippen LogP contribution is 2.17. The van der Waals surface area contributed by atoms with Crippen molar-refractivity contribution in [2.24, 2.45) is 0 Å². The number of esters is 1. The molecule has 0 aliphatic heterocycles. The molecule has 2 atom stereocenters. The Hall–Kier alpha value is -3.06. The van der Waals surface area contributed by atoms with E-state index in [1.54, 1.807) is 54.6 Å². The average Bonchev–Trinajstić information content (AvgIpc) is 2.68. The molecule has 7 nitrogen and oxygen atoms in total. The first-order valence-electron chi connectivity index (χ1n) is 8.15. The fourth-order valence-corrected chi connectivity index (χ4v) is 2.10. The maximum Gasteiger partial charge on any atom is 0.347 e. The van der Waals surface area contributed by atoms with Crippen LogP contribution in [0.1, 0.15) is 24.2 Å². The van der Waals surface area contributed by atoms with E-state index in [1.807, 2.05) is 0 Å². The van der Waals surface area contributed by atoms with Gasteiger partial charge < -0.3 is 9.47 Å². The topological polar surface area (TPSA) is 93.7 Å². The molecule has 2 aromatic carbocycles. The van der Waals surface area contributed by atoms with Gasteiger partial charge in [-0.15, -0.1) is 0 Å². The molecule has 8 heteroatoms. The summed E-state index contributed by atoms with van der Waals surface area (Å²) < 4.78 is 10.5. The first-order chi connectivity index (χ1) is 12.9. The Bertz CT molecular complexity index is 796. The summed E-state index contributed by atoms with van der Waals surface area (Å²) >= 11 is 5.78. The van der Waals surface area contributed by atoms with Crippen LogP contribution in [-0.4, -0.2) is 30.0 Å². The van der Waals surface area contributed by atoms with Crippen LogP contribution in [0.25, 0.3) is 0 Å². The lowest BCUT2D eigenvalue weighted by Crippen LogP contribution is -2.47. The molecule has 2 aromatic rings. The van der Waals surface area contributed by atoms with Crippen LogP contribution in [0.15, 0.2) is 54.6 Å². The Balaban J connectivity index is 1.79. The average molecular weight is 391 g/mol. The van der Waals surface area contributed by atoms with Crippen LogP contribution in [-0.2, 0) is 14.3 Å². The van der Waals surface area contributed by atoms with Gasteiger partial charge >= 0.3 is 5.97 Å². The zero-order valence-electron chi connectivity index (χ0n) is 14.8. The molecule has 2 amide bonds. The number of hydrogen-bond acceptors (Lipinski definition) is 5. The molecule has 0 unspecified atom stereocenters. The number of benzene rings is 2. The van der Waals surface area contributed by atoms with Gasteiger partial charge in [0.2, 0.25) is 0 Å². The third-order valence-electron chi connectivity index (χ3n) is 3.46. The molecule has 2 rings (SSSR count). The van der Waals surface area contributed by atoms with E-state index in [0.717, 1.165) is 0 Å². The van der Waals surface area contributed by atoms with Crippen molar-refractivity contribution in [2.45, 2.75) is 26.1 Å². The summed E-state index contributed by atoms with van der Waals surface area (Å²) in [5.41, 5.74) is 4.85. The summed E-state index contributed by atoms with van der Waals surface area (Å²) in [5, 5.41) is 0.542. The van der Waals surface area contributed by atoms with Gasteiger partial charge in [0.05, 0.1) is 0 Å². The van der Waals surface area contributed by atoms with E-state index in [2.05, 4.69) is 10.9 Å². The van der Waals surface area contributed by atoms with Gasteiger partial charge in [-0.2, -0.15) is 0 Å². The number of nitrogens with one attached hydrogen (secondary N) is 2. The van der Waals surface area contributed by atoms with E-state index in [0.29, 0.717) is 16.3 Å². The molecule has 2 N–H and O–H groups in total. The monoisotopic (exact) mass is 390 g/mol. The van der Waals surface area contributed by atoms with Crippen molar-refractivity contribution in [3.8, 4) is 5.75 Å². The number of carbonyl (C=O) groups is 3. The Morgan fingerprint density at radius 1 is 0.889 bits per heavy atom. The number of hydrazine groups is 1. The number of amides is 2. The standard InChI is InChI=1S/C19H19ClN2O5/c1-12(17(23)21-22-18(24)14-6-4-3-5-7-14)27-19(25)13(2)26-16-10-8-15(20)9-11-16/h3-13H,1-2H3,(H,21,23)(H,22,24)/t12-,13-/m0/s1. The summed E-state index contributed by atoms with van der Waals surface area (Å²) in [4.78, 5) is 35.9. The molecule has 0 fully saturated rings. The van der Waals surface area contributed by atoms with Gasteiger partial charge in [0.15, 0.2) is 12.2 Å². The zero-order valence-corrected chi connectivity index (χ0v) is 15.5. The van der Waals surface area contributed by atoms with Crippen molar-refractivity contribution < 1.29 is 23.9 Å². The van der Waals surface area contributed by atoms with Crippen LogP contribution in [0, 0.1) is 0 Å². The molecule has 0 aromatic heterocycles. The van der Waals surface area contributed by atoms with Crippen molar-refractivity contribution in [3.05, 3.63) is 65.2 Å². The van der Waals surface area contributed by atoms with Crippen molar-refractivity contribution in [3.63, 3.8) is 0 Å².